The summed E-state index contributed by atoms with van der Waals surface area (Å²) in [5.41, 5.74) is 0. The maximum Gasteiger partial charge on any atom is 0.161 e. The van der Waals surface area contributed by atoms with Gasteiger partial charge >= 0.3 is 0 Å². The molecule has 0 spiro atoms. The zero-order valence-corrected chi connectivity index (χ0v) is 14.1. The van der Waals surface area contributed by atoms with Crippen LogP contribution in [0.5, 0.6) is 11.5 Å². The molecule has 0 amide bonds. The Labute approximate surface area is 135 Å². The second kappa shape index (κ2) is 9.70. The van der Waals surface area contributed by atoms with Crippen LogP contribution in [-0.2, 0) is 0 Å². The predicted octanol–water partition coefficient (Wildman–Crippen LogP) is 2.88. The molecule has 22 heavy (non-hydrogen) atoms. The molecule has 0 atom stereocenters. The van der Waals surface area contributed by atoms with E-state index in [1.54, 1.807) is 0 Å². The molecular formula is C18H30N2O2. The van der Waals surface area contributed by atoms with Crippen molar-refractivity contribution in [2.45, 2.75) is 26.2 Å². The fourth-order valence-electron chi connectivity index (χ4n) is 2.71. The van der Waals surface area contributed by atoms with E-state index in [1.165, 1.54) is 45.6 Å². The smallest absolute Gasteiger partial charge is 0.161 e. The maximum atomic E-state index is 5.85. The molecule has 1 aromatic carbocycles. The SMILES string of the molecule is CCOc1ccccc1OCCCCCN1CCN(C)CC1. The maximum absolute atomic E-state index is 5.85. The molecule has 2 rings (SSSR count). The zero-order chi connectivity index (χ0) is 15.6. The molecule has 124 valence electrons. The highest BCUT2D eigenvalue weighted by Gasteiger charge is 2.12. The first-order valence-electron chi connectivity index (χ1n) is 8.55. The van der Waals surface area contributed by atoms with Gasteiger partial charge in [0.2, 0.25) is 0 Å². The molecule has 0 N–H and O–H groups in total. The van der Waals surface area contributed by atoms with E-state index in [9.17, 15) is 0 Å². The summed E-state index contributed by atoms with van der Waals surface area (Å²) < 4.78 is 11.4. The van der Waals surface area contributed by atoms with Crippen molar-refractivity contribution in [2.75, 3.05) is 53.0 Å². The fourth-order valence-corrected chi connectivity index (χ4v) is 2.71. The van der Waals surface area contributed by atoms with Crippen molar-refractivity contribution in [3.8, 4) is 11.5 Å². The minimum atomic E-state index is 0.672. The Kier molecular flexibility index (Phi) is 7.54. The van der Waals surface area contributed by atoms with Crippen molar-refractivity contribution in [3.05, 3.63) is 24.3 Å². The lowest BCUT2D eigenvalue weighted by atomic mass is 10.2. The van der Waals surface area contributed by atoms with Gasteiger partial charge < -0.3 is 19.3 Å². The Morgan fingerprint density at radius 2 is 1.59 bits per heavy atom. The van der Waals surface area contributed by atoms with Gasteiger partial charge in [-0.15, -0.1) is 0 Å². The number of ether oxygens (including phenoxy) is 2. The van der Waals surface area contributed by atoms with Gasteiger partial charge in [-0.05, 0) is 51.9 Å². The van der Waals surface area contributed by atoms with Gasteiger partial charge in [0.05, 0.1) is 13.2 Å². The molecule has 4 nitrogen and oxygen atoms in total. The van der Waals surface area contributed by atoms with Crippen molar-refractivity contribution in [2.24, 2.45) is 0 Å². The lowest BCUT2D eigenvalue weighted by Gasteiger charge is -2.32. The summed E-state index contributed by atoms with van der Waals surface area (Å²) in [7, 11) is 2.20. The molecule has 1 heterocycles. The molecule has 1 aliphatic heterocycles. The van der Waals surface area contributed by atoms with Crippen molar-refractivity contribution in [1.29, 1.82) is 0 Å². The minimum Gasteiger partial charge on any atom is -0.490 e. The lowest BCUT2D eigenvalue weighted by molar-refractivity contribution is 0.151. The number of likely N-dealkylation sites (N-methyl/N-ethyl adjacent to an activating group) is 1. The Bertz CT molecular complexity index is 417. The number of hydrogen-bond donors (Lipinski definition) is 0. The molecule has 0 unspecified atom stereocenters. The standard InChI is InChI=1S/C18H30N2O2/c1-3-21-17-9-5-6-10-18(17)22-16-8-4-7-11-20-14-12-19(2)13-15-20/h5-6,9-10H,3-4,7-8,11-16H2,1-2H3. The lowest BCUT2D eigenvalue weighted by Crippen LogP contribution is -2.44. The van der Waals surface area contributed by atoms with E-state index in [4.69, 9.17) is 9.47 Å². The first-order chi connectivity index (χ1) is 10.8. The highest BCUT2D eigenvalue weighted by Crippen LogP contribution is 2.26. The molecule has 1 saturated heterocycles. The average molecular weight is 306 g/mol. The third-order valence-electron chi connectivity index (χ3n) is 4.12. The van der Waals surface area contributed by atoms with Gasteiger partial charge in [-0.2, -0.15) is 0 Å². The summed E-state index contributed by atoms with van der Waals surface area (Å²) in [6, 6.07) is 7.92. The Hall–Kier alpha value is -1.26. The van der Waals surface area contributed by atoms with Crippen LogP contribution in [0.4, 0.5) is 0 Å². The summed E-state index contributed by atoms with van der Waals surface area (Å²) in [6.07, 6.45) is 3.59. The molecule has 4 heteroatoms. The van der Waals surface area contributed by atoms with Gasteiger partial charge in [-0.1, -0.05) is 12.1 Å². The zero-order valence-electron chi connectivity index (χ0n) is 14.1. The Balaban J connectivity index is 1.56. The van der Waals surface area contributed by atoms with Gasteiger partial charge in [-0.3, -0.25) is 0 Å². The number of rotatable bonds is 9. The first kappa shape index (κ1) is 17.1. The van der Waals surface area contributed by atoms with Crippen molar-refractivity contribution in [3.63, 3.8) is 0 Å². The number of unbranched alkanes of at least 4 members (excludes halogenated alkanes) is 2. The quantitative estimate of drug-likeness (QED) is 0.655. The highest BCUT2D eigenvalue weighted by molar-refractivity contribution is 5.39. The monoisotopic (exact) mass is 306 g/mol. The van der Waals surface area contributed by atoms with Crippen LogP contribution in [0, 0.1) is 0 Å². The van der Waals surface area contributed by atoms with Crippen LogP contribution >= 0.6 is 0 Å². The minimum absolute atomic E-state index is 0.672. The van der Waals surface area contributed by atoms with Crippen LogP contribution in [0.15, 0.2) is 24.3 Å². The first-order valence-corrected chi connectivity index (χ1v) is 8.55. The van der Waals surface area contributed by atoms with Crippen LogP contribution in [0.25, 0.3) is 0 Å². The van der Waals surface area contributed by atoms with Crippen molar-refractivity contribution < 1.29 is 9.47 Å². The van der Waals surface area contributed by atoms with E-state index < -0.39 is 0 Å². The van der Waals surface area contributed by atoms with Crippen LogP contribution in [0.3, 0.4) is 0 Å². The summed E-state index contributed by atoms with van der Waals surface area (Å²) in [5.74, 6) is 1.71. The van der Waals surface area contributed by atoms with E-state index in [0.717, 1.165) is 24.5 Å². The summed E-state index contributed by atoms with van der Waals surface area (Å²) in [5, 5.41) is 0. The van der Waals surface area contributed by atoms with Crippen LogP contribution < -0.4 is 9.47 Å². The van der Waals surface area contributed by atoms with Crippen LogP contribution in [0.2, 0.25) is 0 Å². The van der Waals surface area contributed by atoms with Crippen molar-refractivity contribution >= 4 is 0 Å². The van der Waals surface area contributed by atoms with Gasteiger partial charge in [0.25, 0.3) is 0 Å². The molecule has 0 radical (unpaired) electrons. The number of para-hydroxylation sites is 2. The number of hydrogen-bond acceptors (Lipinski definition) is 4. The Morgan fingerprint density at radius 1 is 0.909 bits per heavy atom. The van der Waals surface area contributed by atoms with E-state index in [0.29, 0.717) is 6.61 Å². The van der Waals surface area contributed by atoms with Crippen LogP contribution in [0.1, 0.15) is 26.2 Å². The average Bonchev–Trinajstić information content (AvgIpc) is 2.54. The third kappa shape index (κ3) is 5.85. The molecule has 0 saturated carbocycles. The molecule has 0 bridgehead atoms. The largest absolute Gasteiger partial charge is 0.490 e. The molecule has 0 aliphatic carbocycles. The third-order valence-corrected chi connectivity index (χ3v) is 4.12. The van der Waals surface area contributed by atoms with E-state index in [2.05, 4.69) is 16.8 Å². The van der Waals surface area contributed by atoms with Gasteiger partial charge in [0, 0.05) is 26.2 Å². The van der Waals surface area contributed by atoms with Crippen LogP contribution in [-0.4, -0.2) is 62.8 Å². The number of nitrogens with zero attached hydrogens (tertiary/aromatic N) is 2. The Morgan fingerprint density at radius 3 is 2.27 bits per heavy atom. The molecular weight excluding hydrogens is 276 g/mol. The predicted molar refractivity (Wildman–Crippen MR) is 90.9 cm³/mol. The van der Waals surface area contributed by atoms with Gasteiger partial charge in [0.1, 0.15) is 0 Å². The van der Waals surface area contributed by atoms with Crippen molar-refractivity contribution in [1.82, 2.24) is 9.80 Å². The topological polar surface area (TPSA) is 24.9 Å². The summed E-state index contributed by atoms with van der Waals surface area (Å²) >= 11 is 0. The second-order valence-electron chi connectivity index (χ2n) is 5.93. The van der Waals surface area contributed by atoms with E-state index in [-0.39, 0.29) is 0 Å². The molecule has 1 aromatic rings. The molecule has 1 fully saturated rings. The van der Waals surface area contributed by atoms with E-state index >= 15 is 0 Å². The fraction of sp³-hybridized carbons (Fsp3) is 0.667. The molecule has 1 aliphatic rings. The second-order valence-corrected chi connectivity index (χ2v) is 5.93. The van der Waals surface area contributed by atoms with E-state index in [1.807, 2.05) is 31.2 Å². The summed E-state index contributed by atoms with van der Waals surface area (Å²) in [6.45, 7) is 9.51. The number of piperazine rings is 1. The van der Waals surface area contributed by atoms with Gasteiger partial charge in [-0.25, -0.2) is 0 Å². The molecule has 0 aromatic heterocycles. The number of benzene rings is 1. The van der Waals surface area contributed by atoms with Gasteiger partial charge in [0.15, 0.2) is 11.5 Å². The summed E-state index contributed by atoms with van der Waals surface area (Å²) in [4.78, 5) is 4.98. The highest BCUT2D eigenvalue weighted by atomic mass is 16.5. The normalized spacial score (nSPS) is 16.6.